The van der Waals surface area contributed by atoms with E-state index in [0.29, 0.717) is 0 Å². The Hall–Kier alpha value is -1.32. The molecule has 1 atom stereocenters. The van der Waals surface area contributed by atoms with Crippen molar-refractivity contribution in [3.05, 3.63) is 74.8 Å². The third-order valence-corrected chi connectivity index (χ3v) is 3.46. The number of anilines is 1. The number of amides is 1. The van der Waals surface area contributed by atoms with E-state index in [0.717, 1.165) is 22.0 Å². The number of hydrogen-bond acceptors (Lipinski definition) is 3. The Balaban J connectivity index is -0.000000388. The van der Waals surface area contributed by atoms with E-state index in [1.54, 1.807) is 18.5 Å². The molecule has 2 aromatic rings. The normalized spacial score (nSPS) is 10.5. The molecule has 0 saturated heterocycles. The molecule has 0 aliphatic heterocycles. The van der Waals surface area contributed by atoms with Gasteiger partial charge in [0.2, 0.25) is 5.91 Å². The number of hydrogen-bond donors (Lipinski definition) is 2. The van der Waals surface area contributed by atoms with Crippen molar-refractivity contribution in [3.63, 3.8) is 0 Å². The minimum atomic E-state index is -0.415. The van der Waals surface area contributed by atoms with Gasteiger partial charge in [0.05, 0.1) is 0 Å². The molecule has 0 bridgehead atoms. The van der Waals surface area contributed by atoms with Gasteiger partial charge in [-0.3, -0.25) is 9.78 Å². The fourth-order valence-electron chi connectivity index (χ4n) is 2.30. The number of nitrogens with one attached hydrogen (secondary N) is 1. The summed E-state index contributed by atoms with van der Waals surface area (Å²) in [6, 6.07) is 7.62. The van der Waals surface area contributed by atoms with Crippen LogP contribution in [0.25, 0.3) is 10.8 Å². The average Bonchev–Trinajstić information content (AvgIpc) is 2.77. The van der Waals surface area contributed by atoms with Crippen LogP contribution in [0, 0.1) is 58.4 Å². The molecule has 30 heavy (non-hydrogen) atoms. The Morgan fingerprint density at radius 1 is 1.13 bits per heavy atom. The van der Waals surface area contributed by atoms with Crippen molar-refractivity contribution >= 4 is 22.4 Å². The second-order valence-electron chi connectivity index (χ2n) is 4.92. The summed E-state index contributed by atoms with van der Waals surface area (Å²) in [5, 5.41) is 4.97. The number of rotatable bonds is 5. The third kappa shape index (κ3) is 12.4. The summed E-state index contributed by atoms with van der Waals surface area (Å²) in [7, 11) is 0. The van der Waals surface area contributed by atoms with Gasteiger partial charge in [-0.25, -0.2) is 13.0 Å². The van der Waals surface area contributed by atoms with Gasteiger partial charge in [0.15, 0.2) is 0 Å². The molecule has 0 spiro atoms. The zero-order valence-corrected chi connectivity index (χ0v) is 22.0. The second kappa shape index (κ2) is 24.0. The molecule has 5 heteroatoms. The van der Waals surface area contributed by atoms with Crippen LogP contribution in [0.5, 0.6) is 0 Å². The van der Waals surface area contributed by atoms with Crippen LogP contribution in [-0.2, 0) is 4.79 Å². The number of pyridine rings is 1. The van der Waals surface area contributed by atoms with E-state index in [1.807, 2.05) is 84.9 Å². The van der Waals surface area contributed by atoms with Gasteiger partial charge in [0.1, 0.15) is 0 Å². The van der Waals surface area contributed by atoms with Gasteiger partial charge in [0.25, 0.3) is 0 Å². The van der Waals surface area contributed by atoms with Crippen LogP contribution in [0.15, 0.2) is 60.5 Å². The molecule has 0 fully saturated rings. The van der Waals surface area contributed by atoms with Crippen molar-refractivity contribution < 1.29 is 43.0 Å². The molecule has 1 unspecified atom stereocenters. The van der Waals surface area contributed by atoms with Crippen molar-refractivity contribution in [1.29, 1.82) is 0 Å². The maximum absolute atomic E-state index is 12.4. The first-order valence-corrected chi connectivity index (χ1v) is 10.2. The zero-order valence-electron chi connectivity index (χ0n) is 19.9. The molecule has 3 N–H and O–H groups in total. The minimum Gasteiger partial charge on any atom is -0.358 e. The Morgan fingerprint density at radius 2 is 1.73 bits per heavy atom. The van der Waals surface area contributed by atoms with Crippen LogP contribution in [-0.4, -0.2) is 17.4 Å². The first-order chi connectivity index (χ1) is 13.7. The molecule has 4 nitrogen and oxygen atoms in total. The molecule has 1 heterocycles. The van der Waals surface area contributed by atoms with Crippen LogP contribution in [0.2, 0.25) is 0 Å². The Morgan fingerprint density at radius 3 is 2.23 bits per heavy atom. The maximum atomic E-state index is 12.4. The second-order valence-corrected chi connectivity index (χ2v) is 4.92. The monoisotopic (exact) mass is 563 g/mol. The van der Waals surface area contributed by atoms with E-state index < -0.39 is 5.92 Å². The Kier molecular flexibility index (Phi) is 28.8. The fraction of sp³-hybridized carbons (Fsp3) is 0.360. The smallest absolute Gasteiger partial charge is 0.216 e. The van der Waals surface area contributed by atoms with Gasteiger partial charge < -0.3 is 18.5 Å². The van der Waals surface area contributed by atoms with Crippen LogP contribution in [0.3, 0.4) is 0 Å². The summed E-state index contributed by atoms with van der Waals surface area (Å²) in [5.41, 5.74) is 7.31. The molecule has 1 aromatic carbocycles. The quantitative estimate of drug-likeness (QED) is 0.319. The van der Waals surface area contributed by atoms with Crippen molar-refractivity contribution in [2.45, 2.75) is 48.5 Å². The molecule has 1 aromatic heterocycles. The minimum absolute atomic E-state index is 0. The van der Waals surface area contributed by atoms with Gasteiger partial charge >= 0.3 is 0 Å². The number of carbonyl (C=O) groups is 1. The molecule has 0 aliphatic carbocycles. The van der Waals surface area contributed by atoms with E-state index in [1.165, 1.54) is 0 Å². The summed E-state index contributed by atoms with van der Waals surface area (Å²) in [6.07, 6.45) is 8.92. The SMILES string of the molecule is CC.CC.CC.[CH2-]/C=C(\C=C/C)C(CN)C(=O)Nc1ccc2cnccc2c1.[CH3-].[Dy]. The van der Waals surface area contributed by atoms with Crippen molar-refractivity contribution in [2.24, 2.45) is 11.7 Å². The number of carbonyl (C=O) groups excluding carboxylic acids is 1. The molecule has 2 rings (SSSR count). The molecule has 1 amide bonds. The predicted molar refractivity (Wildman–Crippen MR) is 132 cm³/mol. The number of benzene rings is 1. The largest absolute Gasteiger partial charge is 0.358 e. The van der Waals surface area contributed by atoms with Crippen molar-refractivity contribution in [2.75, 3.05) is 11.9 Å². The molecule has 0 saturated carbocycles. The summed E-state index contributed by atoms with van der Waals surface area (Å²) in [4.78, 5) is 16.5. The Bertz CT molecular complexity index is 727. The van der Waals surface area contributed by atoms with Crippen molar-refractivity contribution in [3.8, 4) is 0 Å². The first kappa shape index (κ1) is 36.1. The van der Waals surface area contributed by atoms with Crippen LogP contribution >= 0.6 is 0 Å². The third-order valence-electron chi connectivity index (χ3n) is 3.46. The molecule has 174 valence electrons. The number of nitrogens with zero attached hydrogens (tertiary/aromatic N) is 1. The number of fused-ring (bicyclic) bond motifs is 1. The Labute approximate surface area is 215 Å². The van der Waals surface area contributed by atoms with Crippen LogP contribution in [0.4, 0.5) is 5.69 Å². The summed E-state index contributed by atoms with van der Waals surface area (Å²) < 4.78 is 0. The van der Waals surface area contributed by atoms with Gasteiger partial charge in [-0.2, -0.15) is 5.57 Å². The molecular formula is C25H41DyN3O-2. The summed E-state index contributed by atoms with van der Waals surface area (Å²) in [6.45, 7) is 17.9. The van der Waals surface area contributed by atoms with Crippen molar-refractivity contribution in [1.82, 2.24) is 4.98 Å². The average molecular weight is 562 g/mol. The predicted octanol–water partition coefficient (Wildman–Crippen LogP) is 6.61. The number of allylic oxidation sites excluding steroid dienone is 3. The number of nitrogens with two attached hydrogens (primary N) is 1. The van der Waals surface area contributed by atoms with Crippen LogP contribution < -0.4 is 11.1 Å². The van der Waals surface area contributed by atoms with Gasteiger partial charge in [-0.15, -0.1) is 12.2 Å². The molecular weight excluding hydrogens is 521 g/mol. The van der Waals surface area contributed by atoms with E-state index >= 15 is 0 Å². The van der Waals surface area contributed by atoms with E-state index in [9.17, 15) is 4.79 Å². The van der Waals surface area contributed by atoms with Crippen LogP contribution in [0.1, 0.15) is 48.5 Å². The van der Waals surface area contributed by atoms with E-state index in [2.05, 4.69) is 17.2 Å². The van der Waals surface area contributed by atoms with Gasteiger partial charge in [0, 0.05) is 67.6 Å². The van der Waals surface area contributed by atoms with Gasteiger partial charge in [-0.1, -0.05) is 47.6 Å². The summed E-state index contributed by atoms with van der Waals surface area (Å²) in [5.74, 6) is -0.550. The molecule has 0 aliphatic rings. The standard InChI is InChI=1S/C18H20N3O.3C2H6.CH3.Dy/c1-3-5-13(4-2)17(11-19)18(22)21-16-7-6-15-12-20-9-8-14(15)10-16;3*1-2;;/h3-10,12,17H,2,11,19H2,1H3,(H,21,22);3*1-2H3;1H3;/q-1;;;;-1;/b5-3-,13-4+;;;;;. The molecule has 0 radical (unpaired) electrons. The topological polar surface area (TPSA) is 68.0 Å². The van der Waals surface area contributed by atoms with Gasteiger partial charge in [-0.05, 0) is 37.1 Å². The first-order valence-electron chi connectivity index (χ1n) is 10.2. The number of aromatic nitrogens is 1. The zero-order chi connectivity index (χ0) is 21.9. The fourth-order valence-corrected chi connectivity index (χ4v) is 2.30. The van der Waals surface area contributed by atoms with E-state index in [-0.39, 0.29) is 58.1 Å². The maximum Gasteiger partial charge on any atom is 0.216 e. The van der Waals surface area contributed by atoms with E-state index in [4.69, 9.17) is 5.73 Å². The summed E-state index contributed by atoms with van der Waals surface area (Å²) >= 11 is 0.